The molecule has 2 heterocycles. The van der Waals surface area contributed by atoms with E-state index in [0.29, 0.717) is 6.61 Å². The van der Waals surface area contributed by atoms with Gasteiger partial charge in [-0.05, 0) is 12.0 Å². The van der Waals surface area contributed by atoms with E-state index in [1.807, 2.05) is 91.0 Å². The maximum atomic E-state index is 15.3. The first-order valence-corrected chi connectivity index (χ1v) is 15.0. The maximum absolute atomic E-state index is 15.3. The molecular weight excluding hydrogens is 446 g/mol. The van der Waals surface area contributed by atoms with Crippen LogP contribution in [0.2, 0.25) is 0 Å². The van der Waals surface area contributed by atoms with Crippen LogP contribution in [0, 0.1) is 0 Å². The summed E-state index contributed by atoms with van der Waals surface area (Å²) >= 11 is -2.23. The molecule has 3 aromatic carbocycles. The van der Waals surface area contributed by atoms with Crippen LogP contribution in [0.15, 0.2) is 91.0 Å². The van der Waals surface area contributed by atoms with Gasteiger partial charge in [0.05, 0.1) is 24.0 Å². The molecule has 0 amide bonds. The van der Waals surface area contributed by atoms with Crippen molar-refractivity contribution in [1.82, 2.24) is 0 Å². The molecule has 0 saturated carbocycles. The summed E-state index contributed by atoms with van der Waals surface area (Å²) in [4.78, 5) is 0. The highest BCUT2D eigenvalue weighted by Gasteiger charge is 2.54. The Hall–Kier alpha value is -1.41. The standard InChI is InChI=1S/C24H23O4P.Al.ClH/c25-21-16-17-28-23(22(21)26)24(18-10-4-1-5-11-18)29(27,19-12-6-2-7-13-19)20-14-8-3-9-15-20;;/h1-15,21-24H,16-17H2;;1H/q-2;+3;/p-1/t21-,22+,23+,24+;;/m1../s1. The summed E-state index contributed by atoms with van der Waals surface area (Å²) in [5.74, 6) is 0. The predicted octanol–water partition coefficient (Wildman–Crippen LogP) is 4.54. The molecule has 4 atom stereocenters. The van der Waals surface area contributed by atoms with Crippen LogP contribution >= 0.6 is 17.2 Å². The Morgan fingerprint density at radius 3 is 1.97 bits per heavy atom. The number of rotatable bonds is 5. The molecule has 158 valence electrons. The molecule has 0 spiro atoms. The molecule has 0 aliphatic carbocycles. The molecule has 2 aliphatic heterocycles. The second-order valence-electron chi connectivity index (χ2n) is 7.86. The third-order valence-electron chi connectivity index (χ3n) is 6.07. The molecular formula is C24H23AlClO4P. The fraction of sp³-hybridized carbons (Fsp3) is 0.250. The van der Waals surface area contributed by atoms with Crippen LogP contribution in [0.3, 0.4) is 0 Å². The summed E-state index contributed by atoms with van der Waals surface area (Å²) in [7, 11) is 3.14. The molecule has 2 aliphatic rings. The zero-order valence-electron chi connectivity index (χ0n) is 16.9. The molecule has 7 heteroatoms. The minimum atomic E-state index is -3.18. The van der Waals surface area contributed by atoms with Crippen molar-refractivity contribution < 1.29 is 16.9 Å². The third kappa shape index (κ3) is 4.06. The zero-order chi connectivity index (χ0) is 21.3. The van der Waals surface area contributed by atoms with E-state index in [2.05, 4.69) is 0 Å². The lowest BCUT2D eigenvalue weighted by Crippen LogP contribution is -2.47. The first-order chi connectivity index (χ1) is 15.2. The fourth-order valence-electron chi connectivity index (χ4n) is 4.69. The van der Waals surface area contributed by atoms with Crippen molar-refractivity contribution in [3.63, 3.8) is 0 Å². The van der Waals surface area contributed by atoms with Crippen LogP contribution in [0.5, 0.6) is 0 Å². The van der Waals surface area contributed by atoms with Gasteiger partial charge in [0.2, 0.25) is 0 Å². The van der Waals surface area contributed by atoms with E-state index in [1.165, 1.54) is 0 Å². The van der Waals surface area contributed by atoms with Crippen LogP contribution in [0.1, 0.15) is 17.6 Å². The Morgan fingerprint density at radius 2 is 1.39 bits per heavy atom. The molecule has 4 nitrogen and oxygen atoms in total. The van der Waals surface area contributed by atoms with Crippen LogP contribution in [0.4, 0.5) is 0 Å². The second kappa shape index (κ2) is 9.22. The Bertz CT molecular complexity index is 1010. The van der Waals surface area contributed by atoms with Gasteiger partial charge in [0.25, 0.3) is 0 Å². The Balaban J connectivity index is 1.72. The highest BCUT2D eigenvalue weighted by molar-refractivity contribution is 7.79. The van der Waals surface area contributed by atoms with Gasteiger partial charge in [-0.2, -0.15) is 10.0 Å². The number of fused-ring (bicyclic) bond motifs is 1. The predicted molar refractivity (Wildman–Crippen MR) is 125 cm³/mol. The number of ether oxygens (including phenoxy) is 1. The summed E-state index contributed by atoms with van der Waals surface area (Å²) in [6, 6.07) is 29.5. The minimum Gasteiger partial charge on any atom is -0.461 e. The molecule has 0 N–H and O–H groups in total. The van der Waals surface area contributed by atoms with Gasteiger partial charge in [0.15, 0.2) is 7.14 Å². The van der Waals surface area contributed by atoms with Crippen LogP contribution in [-0.2, 0) is 16.9 Å². The molecule has 3 aromatic rings. The largest absolute Gasteiger partial charge is 0.813 e. The molecule has 0 aromatic heterocycles. The van der Waals surface area contributed by atoms with Crippen LogP contribution in [-0.4, -0.2) is 38.8 Å². The molecule has 0 unspecified atom stereocenters. The van der Waals surface area contributed by atoms with Gasteiger partial charge in [0, 0.05) is 17.2 Å². The SMILES string of the molecule is O=P(c1ccccc1)(c1ccccc1)[C@@H](c1ccccc1)[C@H]1OCC[C@H]2[O][Al]([Cl])[O][C@H]12. The van der Waals surface area contributed by atoms with E-state index in [1.54, 1.807) is 0 Å². The van der Waals surface area contributed by atoms with Crippen molar-refractivity contribution >= 4 is 41.7 Å². The average Bonchev–Trinajstić information content (AvgIpc) is 3.22. The van der Waals surface area contributed by atoms with Crippen molar-refractivity contribution in [2.24, 2.45) is 0 Å². The van der Waals surface area contributed by atoms with E-state index in [-0.39, 0.29) is 12.2 Å². The summed E-state index contributed by atoms with van der Waals surface area (Å²) in [5, 5.41) is 1.61. The van der Waals surface area contributed by atoms with E-state index >= 15 is 4.57 Å². The molecule has 31 heavy (non-hydrogen) atoms. The first-order valence-electron chi connectivity index (χ1n) is 10.5. The topological polar surface area (TPSA) is 44.8 Å². The highest BCUT2D eigenvalue weighted by Crippen LogP contribution is 2.61. The monoisotopic (exact) mass is 468 g/mol. The lowest BCUT2D eigenvalue weighted by Gasteiger charge is -2.42. The van der Waals surface area contributed by atoms with Gasteiger partial charge >= 0.3 is 13.9 Å². The maximum Gasteiger partial charge on any atom is 0.813 e. The normalized spacial score (nSPS) is 24.5. The minimum absolute atomic E-state index is 0.112. The lowest BCUT2D eigenvalue weighted by molar-refractivity contribution is -0.0836. The highest BCUT2D eigenvalue weighted by atomic mass is 35.6. The Labute approximate surface area is 191 Å². The summed E-state index contributed by atoms with van der Waals surface area (Å²) in [5.41, 5.74) is 0.540. The van der Waals surface area contributed by atoms with Gasteiger partial charge in [-0.3, -0.25) is 0 Å². The third-order valence-corrected chi connectivity index (χ3v) is 11.3. The number of hydrogen-bond donors (Lipinski definition) is 0. The molecule has 2 fully saturated rings. The lowest BCUT2D eigenvalue weighted by atomic mass is 9.96. The van der Waals surface area contributed by atoms with Crippen molar-refractivity contribution in [3.8, 4) is 0 Å². The summed E-state index contributed by atoms with van der Waals surface area (Å²) in [6.07, 6.45) is -0.128. The number of halogens is 1. The molecule has 0 bridgehead atoms. The first kappa shape index (κ1) is 21.4. The smallest absolute Gasteiger partial charge is 0.461 e. The van der Waals surface area contributed by atoms with Gasteiger partial charge in [-0.1, -0.05) is 91.0 Å². The van der Waals surface area contributed by atoms with Crippen molar-refractivity contribution in [1.29, 1.82) is 0 Å². The summed E-state index contributed by atoms with van der Waals surface area (Å²) in [6.45, 7) is 0.528. The fourth-order valence-corrected chi connectivity index (χ4v) is 10.1. The van der Waals surface area contributed by atoms with Gasteiger partial charge < -0.3 is 16.9 Å². The zero-order valence-corrected chi connectivity index (χ0v) is 19.7. The van der Waals surface area contributed by atoms with E-state index in [4.69, 9.17) is 22.4 Å². The van der Waals surface area contributed by atoms with E-state index in [9.17, 15) is 0 Å². The summed E-state index contributed by atoms with van der Waals surface area (Å²) < 4.78 is 33.6. The van der Waals surface area contributed by atoms with Gasteiger partial charge in [-0.25, -0.2) is 0 Å². The van der Waals surface area contributed by atoms with Crippen molar-refractivity contribution in [2.45, 2.75) is 30.4 Å². The average molecular weight is 469 g/mol. The quantitative estimate of drug-likeness (QED) is 0.407. The molecule has 5 rings (SSSR count). The van der Waals surface area contributed by atoms with Gasteiger partial charge in [0.1, 0.15) is 0 Å². The van der Waals surface area contributed by atoms with Gasteiger partial charge in [-0.15, -0.1) is 0 Å². The second-order valence-corrected chi connectivity index (χ2v) is 12.9. The molecule has 0 radical (unpaired) electrons. The molecule has 2 saturated heterocycles. The number of hydrogen-bond acceptors (Lipinski definition) is 4. The van der Waals surface area contributed by atoms with Crippen LogP contribution in [0.25, 0.3) is 0 Å². The van der Waals surface area contributed by atoms with Crippen molar-refractivity contribution in [3.05, 3.63) is 96.6 Å². The van der Waals surface area contributed by atoms with E-state index < -0.39 is 32.8 Å². The van der Waals surface area contributed by atoms with E-state index in [0.717, 1.165) is 22.6 Å². The Kier molecular flexibility index (Phi) is 6.38. The Morgan fingerprint density at radius 1 is 0.839 bits per heavy atom. The number of benzene rings is 3. The van der Waals surface area contributed by atoms with Crippen molar-refractivity contribution in [2.75, 3.05) is 6.61 Å². The van der Waals surface area contributed by atoms with Crippen LogP contribution < -0.4 is 10.6 Å².